The molecule has 0 spiro atoms. The van der Waals surface area contributed by atoms with Crippen LogP contribution in [0.2, 0.25) is 0 Å². The average molecular weight is 455 g/mol. The van der Waals surface area contributed by atoms with Gasteiger partial charge in [0.25, 0.3) is 0 Å². The predicted octanol–water partition coefficient (Wildman–Crippen LogP) is 5.75. The number of nitrogens with one attached hydrogen (secondary N) is 1. The van der Waals surface area contributed by atoms with Gasteiger partial charge in [-0.05, 0) is 48.9 Å². The second-order valence-electron chi connectivity index (χ2n) is 7.16. The van der Waals surface area contributed by atoms with Crippen LogP contribution in [0, 0.1) is 6.92 Å². The second kappa shape index (κ2) is 8.81. The molecule has 7 nitrogen and oxygen atoms in total. The molecule has 1 N–H and O–H groups in total. The Kier molecular flexibility index (Phi) is 5.91. The summed E-state index contributed by atoms with van der Waals surface area (Å²) in [6.07, 6.45) is -2.82. The van der Waals surface area contributed by atoms with Crippen LogP contribution >= 0.6 is 0 Å². The Morgan fingerprint density at radius 1 is 1.00 bits per heavy atom. The summed E-state index contributed by atoms with van der Waals surface area (Å²) < 4.78 is 51.9. The Labute approximate surface area is 187 Å². The number of alkyl halides is 3. The zero-order valence-corrected chi connectivity index (χ0v) is 18.0. The van der Waals surface area contributed by atoms with Gasteiger partial charge in [0.1, 0.15) is 11.5 Å². The van der Waals surface area contributed by atoms with E-state index in [1.54, 1.807) is 19.4 Å². The van der Waals surface area contributed by atoms with Crippen molar-refractivity contribution >= 4 is 11.6 Å². The van der Waals surface area contributed by atoms with E-state index in [1.165, 1.54) is 29.9 Å². The molecule has 0 bridgehead atoms. The molecule has 0 atom stereocenters. The monoisotopic (exact) mass is 455 g/mol. The molecule has 0 saturated carbocycles. The highest BCUT2D eigenvalue weighted by molar-refractivity contribution is 5.74. The maximum absolute atomic E-state index is 13.2. The number of anilines is 2. The van der Waals surface area contributed by atoms with Gasteiger partial charge in [-0.15, -0.1) is 5.10 Å². The Hall–Kier alpha value is -4.08. The van der Waals surface area contributed by atoms with E-state index >= 15 is 0 Å². The molecule has 170 valence electrons. The van der Waals surface area contributed by atoms with Crippen molar-refractivity contribution < 1.29 is 22.6 Å². The molecular formula is C23H20F3N5O2. The van der Waals surface area contributed by atoms with Gasteiger partial charge in [-0.1, -0.05) is 12.1 Å². The number of ether oxygens (including phenoxy) is 2. The van der Waals surface area contributed by atoms with Crippen LogP contribution in [0.25, 0.3) is 11.1 Å². The minimum atomic E-state index is -4.55. The number of hydrogen-bond acceptors (Lipinski definition) is 6. The topological polar surface area (TPSA) is 74.1 Å². The molecule has 0 aliphatic heterocycles. The largest absolute Gasteiger partial charge is 0.496 e. The minimum absolute atomic E-state index is 0.0926. The quantitative estimate of drug-likeness (QED) is 0.399. The van der Waals surface area contributed by atoms with E-state index in [1.807, 2.05) is 31.2 Å². The van der Waals surface area contributed by atoms with Gasteiger partial charge in [-0.2, -0.15) is 18.2 Å². The van der Waals surface area contributed by atoms with E-state index in [9.17, 15) is 13.2 Å². The molecule has 2 aromatic carbocycles. The standard InChI is InChI=1S/C23H20F3N5O2/c1-14-12-15(10-11-27-14)17-9-8-16(13-20(17)32-3)28-21-29-22(31(2)30-21)33-19-7-5-4-6-18(19)23(24,25)26/h4-13H,1-3H3,(H,28,30). The van der Waals surface area contributed by atoms with Crippen LogP contribution in [0.3, 0.4) is 0 Å². The van der Waals surface area contributed by atoms with Crippen LogP contribution in [0.15, 0.2) is 60.8 Å². The zero-order valence-electron chi connectivity index (χ0n) is 18.0. The third-order valence-corrected chi connectivity index (χ3v) is 4.78. The highest BCUT2D eigenvalue weighted by atomic mass is 19.4. The van der Waals surface area contributed by atoms with Crippen LogP contribution < -0.4 is 14.8 Å². The molecule has 2 heterocycles. The summed E-state index contributed by atoms with van der Waals surface area (Å²) in [5, 5.41) is 7.20. The number of hydrogen-bond donors (Lipinski definition) is 1. The molecular weight excluding hydrogens is 435 g/mol. The van der Waals surface area contributed by atoms with Gasteiger partial charge in [0.2, 0.25) is 5.95 Å². The normalized spacial score (nSPS) is 11.3. The number of aromatic nitrogens is 4. The van der Waals surface area contributed by atoms with Crippen molar-refractivity contribution in [1.29, 1.82) is 0 Å². The summed E-state index contributed by atoms with van der Waals surface area (Å²) >= 11 is 0. The van der Waals surface area contributed by atoms with E-state index in [-0.39, 0.29) is 17.7 Å². The van der Waals surface area contributed by atoms with Crippen molar-refractivity contribution in [3.05, 3.63) is 72.1 Å². The molecule has 0 amide bonds. The van der Waals surface area contributed by atoms with E-state index in [0.29, 0.717) is 11.4 Å². The molecule has 4 aromatic rings. The first kappa shape index (κ1) is 22.1. The van der Waals surface area contributed by atoms with Crippen molar-refractivity contribution in [3.8, 4) is 28.6 Å². The average Bonchev–Trinajstić information content (AvgIpc) is 3.11. The van der Waals surface area contributed by atoms with E-state index < -0.39 is 11.7 Å². The highest BCUT2D eigenvalue weighted by Gasteiger charge is 2.34. The number of halogens is 3. The van der Waals surface area contributed by atoms with Crippen molar-refractivity contribution in [2.24, 2.45) is 7.05 Å². The predicted molar refractivity (Wildman–Crippen MR) is 117 cm³/mol. The Bertz CT molecular complexity index is 1290. The Morgan fingerprint density at radius 2 is 1.79 bits per heavy atom. The minimum Gasteiger partial charge on any atom is -0.496 e. The molecule has 4 rings (SSSR count). The first-order chi connectivity index (χ1) is 15.7. The lowest BCUT2D eigenvalue weighted by molar-refractivity contribution is -0.138. The number of aryl methyl sites for hydroxylation is 2. The number of nitrogens with zero attached hydrogens (tertiary/aromatic N) is 4. The van der Waals surface area contributed by atoms with Crippen LogP contribution in [0.5, 0.6) is 17.5 Å². The summed E-state index contributed by atoms with van der Waals surface area (Å²) in [6.45, 7) is 1.91. The first-order valence-corrected chi connectivity index (χ1v) is 9.88. The third kappa shape index (κ3) is 4.89. The molecule has 0 aliphatic rings. The summed E-state index contributed by atoms with van der Waals surface area (Å²) in [7, 11) is 3.10. The van der Waals surface area contributed by atoms with Crippen LogP contribution in [-0.2, 0) is 13.2 Å². The Balaban J connectivity index is 1.57. The zero-order chi connectivity index (χ0) is 23.6. The molecule has 0 unspecified atom stereocenters. The number of benzene rings is 2. The second-order valence-corrected chi connectivity index (χ2v) is 7.16. The van der Waals surface area contributed by atoms with Crippen LogP contribution in [0.1, 0.15) is 11.3 Å². The summed E-state index contributed by atoms with van der Waals surface area (Å²) in [5.74, 6) is 0.425. The summed E-state index contributed by atoms with van der Waals surface area (Å²) in [5.41, 5.74) is 2.47. The lowest BCUT2D eigenvalue weighted by atomic mass is 10.0. The summed E-state index contributed by atoms with van der Waals surface area (Å²) in [6, 6.07) is 14.2. The lowest BCUT2D eigenvalue weighted by Crippen LogP contribution is -2.07. The smallest absolute Gasteiger partial charge is 0.419 e. The van der Waals surface area contributed by atoms with Crippen molar-refractivity contribution in [2.75, 3.05) is 12.4 Å². The van der Waals surface area contributed by atoms with Gasteiger partial charge in [0, 0.05) is 36.3 Å². The molecule has 33 heavy (non-hydrogen) atoms. The van der Waals surface area contributed by atoms with E-state index in [4.69, 9.17) is 9.47 Å². The molecule has 0 fully saturated rings. The van der Waals surface area contributed by atoms with Crippen molar-refractivity contribution in [3.63, 3.8) is 0 Å². The van der Waals surface area contributed by atoms with Crippen molar-refractivity contribution in [1.82, 2.24) is 19.7 Å². The van der Waals surface area contributed by atoms with E-state index in [2.05, 4.69) is 20.4 Å². The fourth-order valence-electron chi connectivity index (χ4n) is 3.25. The van der Waals surface area contributed by atoms with Gasteiger partial charge in [0.05, 0.1) is 12.7 Å². The molecule has 0 radical (unpaired) electrons. The molecule has 0 saturated heterocycles. The fraction of sp³-hybridized carbons (Fsp3) is 0.174. The van der Waals surface area contributed by atoms with Crippen molar-refractivity contribution in [2.45, 2.75) is 13.1 Å². The van der Waals surface area contributed by atoms with Gasteiger partial charge in [-0.25, -0.2) is 4.68 Å². The van der Waals surface area contributed by atoms with Gasteiger partial charge in [-0.3, -0.25) is 4.98 Å². The highest BCUT2D eigenvalue weighted by Crippen LogP contribution is 2.38. The van der Waals surface area contributed by atoms with Gasteiger partial charge >= 0.3 is 12.2 Å². The number of methoxy groups -OCH3 is 1. The molecule has 2 aromatic heterocycles. The van der Waals surface area contributed by atoms with Gasteiger partial charge < -0.3 is 14.8 Å². The maximum atomic E-state index is 13.2. The number of para-hydroxylation sites is 1. The van der Waals surface area contributed by atoms with Crippen LogP contribution in [0.4, 0.5) is 24.8 Å². The summed E-state index contributed by atoms with van der Waals surface area (Å²) in [4.78, 5) is 8.38. The molecule has 0 aliphatic carbocycles. The maximum Gasteiger partial charge on any atom is 0.419 e. The first-order valence-electron chi connectivity index (χ1n) is 9.88. The Morgan fingerprint density at radius 3 is 2.52 bits per heavy atom. The fourth-order valence-corrected chi connectivity index (χ4v) is 3.25. The molecule has 10 heteroatoms. The lowest BCUT2D eigenvalue weighted by Gasteiger charge is -2.12. The SMILES string of the molecule is COc1cc(Nc2nc(Oc3ccccc3C(F)(F)F)n(C)n2)ccc1-c1ccnc(C)c1. The number of rotatable bonds is 6. The van der Waals surface area contributed by atoms with E-state index in [0.717, 1.165) is 22.9 Å². The number of pyridine rings is 1. The van der Waals surface area contributed by atoms with Gasteiger partial charge in [0.15, 0.2) is 0 Å². The van der Waals surface area contributed by atoms with Crippen LogP contribution in [-0.4, -0.2) is 26.9 Å². The third-order valence-electron chi connectivity index (χ3n) is 4.78.